The summed E-state index contributed by atoms with van der Waals surface area (Å²) in [7, 11) is 0. The molecular formula is C9H19NO2. The van der Waals surface area contributed by atoms with E-state index in [4.69, 9.17) is 10.8 Å². The van der Waals surface area contributed by atoms with Gasteiger partial charge in [0, 0.05) is 0 Å². The molecule has 0 heterocycles. The van der Waals surface area contributed by atoms with Crippen LogP contribution in [-0.4, -0.2) is 17.1 Å². The van der Waals surface area contributed by atoms with E-state index in [-0.39, 0.29) is 0 Å². The van der Waals surface area contributed by atoms with Gasteiger partial charge >= 0.3 is 5.97 Å². The second-order valence-corrected chi connectivity index (χ2v) is 3.43. The lowest BCUT2D eigenvalue weighted by molar-refractivity contribution is -0.138. The van der Waals surface area contributed by atoms with Crippen LogP contribution < -0.4 is 5.73 Å². The van der Waals surface area contributed by atoms with Crippen molar-refractivity contribution in [2.24, 2.45) is 11.7 Å². The highest BCUT2D eigenvalue weighted by atomic mass is 16.4. The van der Waals surface area contributed by atoms with Crippen LogP contribution in [0.25, 0.3) is 0 Å². The van der Waals surface area contributed by atoms with Gasteiger partial charge in [0.2, 0.25) is 0 Å². The summed E-state index contributed by atoms with van der Waals surface area (Å²) in [5.74, 6) is -0.464. The van der Waals surface area contributed by atoms with Gasteiger partial charge in [-0.15, -0.1) is 0 Å². The molecule has 0 aromatic carbocycles. The van der Waals surface area contributed by atoms with E-state index in [0.717, 1.165) is 19.3 Å². The van der Waals surface area contributed by atoms with Gasteiger partial charge in [0.1, 0.15) is 6.04 Å². The Kier molecular flexibility index (Phi) is 5.72. The molecule has 0 aromatic heterocycles. The van der Waals surface area contributed by atoms with Crippen LogP contribution >= 0.6 is 0 Å². The summed E-state index contributed by atoms with van der Waals surface area (Å²) in [4.78, 5) is 10.4. The molecule has 3 heteroatoms. The van der Waals surface area contributed by atoms with Gasteiger partial charge in [-0.1, -0.05) is 33.1 Å². The Morgan fingerprint density at radius 1 is 1.58 bits per heavy atom. The van der Waals surface area contributed by atoms with Gasteiger partial charge in [0.05, 0.1) is 0 Å². The molecule has 1 unspecified atom stereocenters. The number of unbranched alkanes of at least 4 members (excludes halogenated alkanes) is 1. The highest BCUT2D eigenvalue weighted by Gasteiger charge is 2.14. The van der Waals surface area contributed by atoms with Crippen molar-refractivity contribution in [3.05, 3.63) is 0 Å². The molecule has 0 saturated heterocycles. The van der Waals surface area contributed by atoms with E-state index in [1.165, 1.54) is 0 Å². The average molecular weight is 173 g/mol. The molecule has 0 radical (unpaired) electrons. The van der Waals surface area contributed by atoms with E-state index in [1.54, 1.807) is 0 Å². The van der Waals surface area contributed by atoms with E-state index in [9.17, 15) is 4.79 Å². The van der Waals surface area contributed by atoms with Crippen LogP contribution in [-0.2, 0) is 4.79 Å². The topological polar surface area (TPSA) is 63.3 Å². The minimum absolute atomic E-state index is 0.427. The molecule has 0 spiro atoms. The Morgan fingerprint density at radius 2 is 2.17 bits per heavy atom. The molecule has 0 fully saturated rings. The minimum atomic E-state index is -0.890. The number of hydrogen-bond acceptors (Lipinski definition) is 2. The number of nitrogens with two attached hydrogens (primary N) is 1. The van der Waals surface area contributed by atoms with Crippen LogP contribution in [0.5, 0.6) is 0 Å². The quantitative estimate of drug-likeness (QED) is 0.641. The minimum Gasteiger partial charge on any atom is -0.480 e. The van der Waals surface area contributed by atoms with Gasteiger partial charge < -0.3 is 10.8 Å². The number of rotatable bonds is 6. The fourth-order valence-electron chi connectivity index (χ4n) is 1.20. The van der Waals surface area contributed by atoms with Gasteiger partial charge in [0.15, 0.2) is 0 Å². The van der Waals surface area contributed by atoms with Crippen molar-refractivity contribution >= 4 is 5.97 Å². The van der Waals surface area contributed by atoms with Crippen LogP contribution in [0.15, 0.2) is 0 Å². The number of carbonyl (C=O) groups is 1. The second kappa shape index (κ2) is 6.00. The standard InChI is InChI=1S/C9H19NO2/c1-3-4-5-7(2)6-8(10)9(11)12/h7-8H,3-6,10H2,1-2H3,(H,11,12)/t7?,8-/m0/s1. The van der Waals surface area contributed by atoms with Crippen molar-refractivity contribution in [3.63, 3.8) is 0 Å². The molecule has 12 heavy (non-hydrogen) atoms. The second-order valence-electron chi connectivity index (χ2n) is 3.43. The highest BCUT2D eigenvalue weighted by molar-refractivity contribution is 5.72. The van der Waals surface area contributed by atoms with Gasteiger partial charge in [-0.05, 0) is 12.3 Å². The Morgan fingerprint density at radius 3 is 2.58 bits per heavy atom. The van der Waals surface area contributed by atoms with Gasteiger partial charge in [-0.25, -0.2) is 0 Å². The summed E-state index contributed by atoms with van der Waals surface area (Å²) in [6.07, 6.45) is 3.99. The van der Waals surface area contributed by atoms with Crippen LogP contribution in [0.3, 0.4) is 0 Å². The molecule has 0 saturated carbocycles. The Bertz CT molecular complexity index is 136. The molecule has 3 N–H and O–H groups in total. The van der Waals surface area contributed by atoms with Crippen molar-refractivity contribution in [2.75, 3.05) is 0 Å². The predicted molar refractivity (Wildman–Crippen MR) is 48.9 cm³/mol. The van der Waals surface area contributed by atoms with Gasteiger partial charge in [-0.2, -0.15) is 0 Å². The fourth-order valence-corrected chi connectivity index (χ4v) is 1.20. The first-order valence-corrected chi connectivity index (χ1v) is 4.56. The summed E-state index contributed by atoms with van der Waals surface area (Å²) in [5, 5.41) is 8.53. The maximum Gasteiger partial charge on any atom is 0.320 e. The zero-order valence-electron chi connectivity index (χ0n) is 7.92. The number of carboxylic acid groups (broad SMARTS) is 1. The molecule has 2 atom stereocenters. The third-order valence-electron chi connectivity index (χ3n) is 2.02. The first-order chi connectivity index (χ1) is 5.57. The number of aliphatic carboxylic acids is 1. The third-order valence-corrected chi connectivity index (χ3v) is 2.02. The SMILES string of the molecule is CCCCC(C)C[C@H](N)C(=O)O. The summed E-state index contributed by atoms with van der Waals surface area (Å²) >= 11 is 0. The normalized spacial score (nSPS) is 15.6. The summed E-state index contributed by atoms with van der Waals surface area (Å²) < 4.78 is 0. The molecule has 0 aliphatic rings. The fraction of sp³-hybridized carbons (Fsp3) is 0.889. The number of hydrogen-bond donors (Lipinski definition) is 2. The molecule has 0 bridgehead atoms. The van der Waals surface area contributed by atoms with E-state index >= 15 is 0 Å². The van der Waals surface area contributed by atoms with Crippen molar-refractivity contribution in [1.29, 1.82) is 0 Å². The van der Waals surface area contributed by atoms with E-state index in [1.807, 2.05) is 0 Å². The molecule has 0 rings (SSSR count). The monoisotopic (exact) mass is 173 g/mol. The lowest BCUT2D eigenvalue weighted by Crippen LogP contribution is -2.31. The smallest absolute Gasteiger partial charge is 0.320 e. The van der Waals surface area contributed by atoms with E-state index in [2.05, 4.69) is 13.8 Å². The lowest BCUT2D eigenvalue weighted by Gasteiger charge is -2.13. The molecule has 0 aliphatic heterocycles. The van der Waals surface area contributed by atoms with Gasteiger partial charge in [-0.3, -0.25) is 4.79 Å². The molecule has 3 nitrogen and oxygen atoms in total. The van der Waals surface area contributed by atoms with Crippen molar-refractivity contribution < 1.29 is 9.90 Å². The molecule has 0 amide bonds. The zero-order valence-corrected chi connectivity index (χ0v) is 7.92. The first kappa shape index (κ1) is 11.4. The largest absolute Gasteiger partial charge is 0.480 e. The van der Waals surface area contributed by atoms with E-state index in [0.29, 0.717) is 12.3 Å². The maximum atomic E-state index is 10.4. The van der Waals surface area contributed by atoms with Gasteiger partial charge in [0.25, 0.3) is 0 Å². The predicted octanol–water partition coefficient (Wildman–Crippen LogP) is 1.61. The summed E-state index contributed by atoms with van der Waals surface area (Å²) in [5.41, 5.74) is 5.39. The van der Waals surface area contributed by atoms with Crippen molar-refractivity contribution in [1.82, 2.24) is 0 Å². The van der Waals surface area contributed by atoms with Crippen molar-refractivity contribution in [3.8, 4) is 0 Å². The van der Waals surface area contributed by atoms with Crippen molar-refractivity contribution in [2.45, 2.75) is 45.6 Å². The maximum absolute atomic E-state index is 10.4. The van der Waals surface area contributed by atoms with Crippen LogP contribution in [0.4, 0.5) is 0 Å². The molecular weight excluding hydrogens is 154 g/mol. The Labute approximate surface area is 74.0 Å². The summed E-state index contributed by atoms with van der Waals surface area (Å²) in [6, 6.07) is -0.683. The first-order valence-electron chi connectivity index (χ1n) is 4.56. The molecule has 0 aromatic rings. The van der Waals surface area contributed by atoms with E-state index < -0.39 is 12.0 Å². The zero-order chi connectivity index (χ0) is 9.56. The number of carboxylic acids is 1. The molecule has 0 aliphatic carbocycles. The summed E-state index contributed by atoms with van der Waals surface area (Å²) in [6.45, 7) is 4.18. The Balaban J connectivity index is 3.53. The average Bonchev–Trinajstić information content (AvgIpc) is 2.00. The lowest BCUT2D eigenvalue weighted by atomic mass is 9.97. The van der Waals surface area contributed by atoms with Crippen LogP contribution in [0.2, 0.25) is 0 Å². The van der Waals surface area contributed by atoms with Crippen LogP contribution in [0.1, 0.15) is 39.5 Å². The Hall–Kier alpha value is -0.570. The molecule has 72 valence electrons. The highest BCUT2D eigenvalue weighted by Crippen LogP contribution is 2.12. The van der Waals surface area contributed by atoms with Crippen LogP contribution in [0, 0.1) is 5.92 Å². The third kappa shape index (κ3) is 5.13.